The van der Waals surface area contributed by atoms with Crippen LogP contribution in [0.3, 0.4) is 0 Å². The van der Waals surface area contributed by atoms with Crippen LogP contribution in [0.2, 0.25) is 5.02 Å². The number of methoxy groups -OCH3 is 1. The van der Waals surface area contributed by atoms with E-state index in [0.29, 0.717) is 5.69 Å². The quantitative estimate of drug-likeness (QED) is 0.773. The Balaban J connectivity index is 2.41. The van der Waals surface area contributed by atoms with Gasteiger partial charge in [0.05, 0.1) is 24.0 Å². The monoisotopic (exact) mass is 254 g/mol. The number of esters is 1. The van der Waals surface area contributed by atoms with E-state index in [-0.39, 0.29) is 16.5 Å². The minimum absolute atomic E-state index is 0.0264. The predicted octanol–water partition coefficient (Wildman–Crippen LogP) is 2.45. The average Bonchev–Trinajstić information content (AvgIpc) is 2.71. The zero-order chi connectivity index (χ0) is 12.4. The fourth-order valence-corrected chi connectivity index (χ4v) is 1.52. The number of rotatable bonds is 2. The van der Waals surface area contributed by atoms with E-state index in [1.54, 1.807) is 0 Å². The van der Waals surface area contributed by atoms with Gasteiger partial charge < -0.3 is 4.74 Å². The second-order valence-electron chi connectivity index (χ2n) is 3.24. The average molecular weight is 255 g/mol. The van der Waals surface area contributed by atoms with Crippen molar-refractivity contribution in [3.8, 4) is 5.69 Å². The molecule has 0 atom stereocenters. The van der Waals surface area contributed by atoms with Crippen molar-refractivity contribution in [2.45, 2.75) is 0 Å². The lowest BCUT2D eigenvalue weighted by Gasteiger charge is -1.99. The fraction of sp³-hybridized carbons (Fsp3) is 0.0909. The first-order chi connectivity index (χ1) is 8.11. The molecule has 0 saturated carbocycles. The first-order valence-corrected chi connectivity index (χ1v) is 5.09. The van der Waals surface area contributed by atoms with Crippen LogP contribution in [0, 0.1) is 5.82 Å². The number of nitrogens with zero attached hydrogens (tertiary/aromatic N) is 2. The van der Waals surface area contributed by atoms with Gasteiger partial charge in [0, 0.05) is 0 Å². The molecule has 0 radical (unpaired) electrons. The summed E-state index contributed by atoms with van der Waals surface area (Å²) in [6.45, 7) is 0. The maximum atomic E-state index is 12.7. The normalized spacial score (nSPS) is 10.3. The van der Waals surface area contributed by atoms with Gasteiger partial charge in [-0.15, -0.1) is 0 Å². The zero-order valence-electron chi connectivity index (χ0n) is 8.85. The van der Waals surface area contributed by atoms with E-state index in [0.717, 1.165) is 0 Å². The Labute approximate surface area is 102 Å². The molecule has 0 bridgehead atoms. The summed E-state index contributed by atoms with van der Waals surface area (Å²) in [5, 5.41) is 4.15. The van der Waals surface area contributed by atoms with E-state index in [1.165, 1.54) is 42.3 Å². The number of hydrogen-bond donors (Lipinski definition) is 0. The minimum atomic E-state index is -0.615. The van der Waals surface area contributed by atoms with Crippen LogP contribution >= 0.6 is 11.6 Å². The number of halogens is 2. The highest BCUT2D eigenvalue weighted by Gasteiger charge is 2.16. The van der Waals surface area contributed by atoms with Crippen LogP contribution in [-0.2, 0) is 4.74 Å². The summed E-state index contributed by atoms with van der Waals surface area (Å²) in [6.07, 6.45) is 1.46. The van der Waals surface area contributed by atoms with Gasteiger partial charge in [-0.3, -0.25) is 0 Å². The van der Waals surface area contributed by atoms with Gasteiger partial charge in [-0.25, -0.2) is 13.9 Å². The molecule has 0 aliphatic carbocycles. The summed E-state index contributed by atoms with van der Waals surface area (Å²) in [4.78, 5) is 11.3. The standard InChI is InChI=1S/C11H8ClFN2O2/c1-17-11(16)10-9(12)6-15(14-10)8-4-2-7(13)3-5-8/h2-6H,1H3. The Morgan fingerprint density at radius 1 is 1.41 bits per heavy atom. The molecule has 0 fully saturated rings. The molecule has 2 aromatic rings. The Morgan fingerprint density at radius 2 is 2.06 bits per heavy atom. The highest BCUT2D eigenvalue weighted by molar-refractivity contribution is 6.33. The van der Waals surface area contributed by atoms with Gasteiger partial charge in [0.2, 0.25) is 0 Å². The van der Waals surface area contributed by atoms with Crippen molar-refractivity contribution < 1.29 is 13.9 Å². The second kappa shape index (κ2) is 4.55. The van der Waals surface area contributed by atoms with E-state index < -0.39 is 5.97 Å². The van der Waals surface area contributed by atoms with Crippen molar-refractivity contribution in [2.24, 2.45) is 0 Å². The molecule has 17 heavy (non-hydrogen) atoms. The van der Waals surface area contributed by atoms with Crippen LogP contribution in [0.1, 0.15) is 10.5 Å². The Morgan fingerprint density at radius 3 is 2.65 bits per heavy atom. The number of carbonyl (C=O) groups excluding carboxylic acids is 1. The van der Waals surface area contributed by atoms with Crippen molar-refractivity contribution in [2.75, 3.05) is 7.11 Å². The fourth-order valence-electron chi connectivity index (χ4n) is 1.31. The van der Waals surface area contributed by atoms with Gasteiger partial charge in [0.1, 0.15) is 5.82 Å². The molecule has 4 nitrogen and oxygen atoms in total. The smallest absolute Gasteiger partial charge is 0.360 e. The second-order valence-corrected chi connectivity index (χ2v) is 3.65. The van der Waals surface area contributed by atoms with Gasteiger partial charge in [-0.1, -0.05) is 11.6 Å². The third kappa shape index (κ3) is 2.29. The lowest BCUT2D eigenvalue weighted by Crippen LogP contribution is -2.04. The number of ether oxygens (including phenoxy) is 1. The van der Waals surface area contributed by atoms with Crippen LogP contribution in [0.4, 0.5) is 4.39 Å². The molecule has 0 saturated heterocycles. The van der Waals surface area contributed by atoms with E-state index in [4.69, 9.17) is 11.6 Å². The molecule has 1 heterocycles. The van der Waals surface area contributed by atoms with E-state index in [2.05, 4.69) is 9.84 Å². The van der Waals surface area contributed by atoms with Gasteiger partial charge >= 0.3 is 5.97 Å². The Kier molecular flexibility index (Phi) is 3.10. The largest absolute Gasteiger partial charge is 0.464 e. The van der Waals surface area contributed by atoms with Crippen LogP contribution in [0.5, 0.6) is 0 Å². The molecule has 88 valence electrons. The number of aromatic nitrogens is 2. The SMILES string of the molecule is COC(=O)c1nn(-c2ccc(F)cc2)cc1Cl. The maximum absolute atomic E-state index is 12.7. The van der Waals surface area contributed by atoms with Crippen LogP contribution in [-0.4, -0.2) is 22.9 Å². The van der Waals surface area contributed by atoms with Gasteiger partial charge in [0.25, 0.3) is 0 Å². The molecule has 6 heteroatoms. The number of benzene rings is 1. The highest BCUT2D eigenvalue weighted by atomic mass is 35.5. The van der Waals surface area contributed by atoms with E-state index >= 15 is 0 Å². The summed E-state index contributed by atoms with van der Waals surface area (Å²) in [5.41, 5.74) is 0.627. The van der Waals surface area contributed by atoms with Gasteiger partial charge in [0.15, 0.2) is 5.69 Å². The molecule has 0 aliphatic rings. The van der Waals surface area contributed by atoms with E-state index in [9.17, 15) is 9.18 Å². The topological polar surface area (TPSA) is 44.1 Å². The van der Waals surface area contributed by atoms with Crippen LogP contribution in [0.15, 0.2) is 30.5 Å². The summed E-state index contributed by atoms with van der Waals surface area (Å²) < 4.78 is 18.6. The summed E-state index contributed by atoms with van der Waals surface area (Å²) in [6, 6.07) is 5.64. The summed E-state index contributed by atoms with van der Waals surface area (Å²) in [5.74, 6) is -0.962. The predicted molar refractivity (Wildman–Crippen MR) is 59.9 cm³/mol. The van der Waals surface area contributed by atoms with Crippen molar-refractivity contribution in [1.29, 1.82) is 0 Å². The molecule has 0 amide bonds. The van der Waals surface area contributed by atoms with Crippen molar-refractivity contribution in [3.05, 3.63) is 47.0 Å². The number of hydrogen-bond acceptors (Lipinski definition) is 3. The molecule has 0 spiro atoms. The lowest BCUT2D eigenvalue weighted by atomic mass is 10.3. The molecular formula is C11H8ClFN2O2. The molecule has 0 unspecified atom stereocenters. The van der Waals surface area contributed by atoms with Crippen LogP contribution < -0.4 is 0 Å². The van der Waals surface area contributed by atoms with Crippen molar-refractivity contribution >= 4 is 17.6 Å². The summed E-state index contributed by atoms with van der Waals surface area (Å²) >= 11 is 5.84. The first-order valence-electron chi connectivity index (χ1n) is 4.71. The van der Waals surface area contributed by atoms with Crippen molar-refractivity contribution in [1.82, 2.24) is 9.78 Å². The molecule has 0 aliphatic heterocycles. The highest BCUT2D eigenvalue weighted by Crippen LogP contribution is 2.18. The molecule has 0 N–H and O–H groups in total. The third-order valence-corrected chi connectivity index (χ3v) is 2.42. The van der Waals surface area contributed by atoms with Gasteiger partial charge in [-0.05, 0) is 24.3 Å². The van der Waals surface area contributed by atoms with Crippen molar-refractivity contribution in [3.63, 3.8) is 0 Å². The maximum Gasteiger partial charge on any atom is 0.360 e. The van der Waals surface area contributed by atoms with Gasteiger partial charge in [-0.2, -0.15) is 5.10 Å². The molecular weight excluding hydrogens is 247 g/mol. The zero-order valence-corrected chi connectivity index (χ0v) is 9.61. The third-order valence-electron chi connectivity index (χ3n) is 2.14. The molecule has 1 aromatic heterocycles. The Hall–Kier alpha value is -1.88. The first kappa shape index (κ1) is 11.6. The number of carbonyl (C=O) groups is 1. The van der Waals surface area contributed by atoms with E-state index in [1.807, 2.05) is 0 Å². The van der Waals surface area contributed by atoms with Crippen LogP contribution in [0.25, 0.3) is 5.69 Å². The summed E-state index contributed by atoms with van der Waals surface area (Å²) in [7, 11) is 1.25. The minimum Gasteiger partial charge on any atom is -0.464 e. The lowest BCUT2D eigenvalue weighted by molar-refractivity contribution is 0.0593. The Bertz CT molecular complexity index is 551. The molecule has 1 aromatic carbocycles. The molecule has 2 rings (SSSR count).